The van der Waals surface area contributed by atoms with Crippen molar-refractivity contribution in [3.8, 4) is 5.75 Å². The first kappa shape index (κ1) is 21.7. The van der Waals surface area contributed by atoms with Crippen molar-refractivity contribution >= 4 is 23.2 Å². The average molecular weight is 419 g/mol. The quantitative estimate of drug-likeness (QED) is 0.685. The van der Waals surface area contributed by atoms with E-state index >= 15 is 0 Å². The number of likely N-dealkylation sites (tertiary alicyclic amines) is 1. The first-order valence-corrected chi connectivity index (χ1v) is 10.7. The Morgan fingerprint density at radius 2 is 2.24 bits per heavy atom. The van der Waals surface area contributed by atoms with Gasteiger partial charge in [-0.1, -0.05) is 11.6 Å². The number of hydrogen-bond acceptors (Lipinski definition) is 4. The van der Waals surface area contributed by atoms with Crippen LogP contribution in [0.1, 0.15) is 43.9 Å². The molecule has 3 rings (SSSR count). The number of carbonyl (C=O) groups excluding carboxylic acids is 1. The molecule has 6 nitrogen and oxygen atoms in total. The van der Waals surface area contributed by atoms with Gasteiger partial charge in [-0.2, -0.15) is 5.10 Å². The Balaban J connectivity index is 1.49. The predicted octanol–water partition coefficient (Wildman–Crippen LogP) is 4.50. The van der Waals surface area contributed by atoms with Crippen LogP contribution in [0, 0.1) is 12.8 Å². The highest BCUT2D eigenvalue weighted by Crippen LogP contribution is 2.28. The molecular formula is C22H31ClN4O2. The van der Waals surface area contributed by atoms with E-state index in [-0.39, 0.29) is 5.91 Å². The van der Waals surface area contributed by atoms with Crippen molar-refractivity contribution in [1.29, 1.82) is 0 Å². The van der Waals surface area contributed by atoms with E-state index < -0.39 is 0 Å². The first-order valence-electron chi connectivity index (χ1n) is 10.4. The van der Waals surface area contributed by atoms with E-state index in [1.54, 1.807) is 25.3 Å². The maximum absolute atomic E-state index is 12.5. The van der Waals surface area contributed by atoms with E-state index in [2.05, 4.69) is 35.4 Å². The molecule has 0 spiro atoms. The fourth-order valence-electron chi connectivity index (χ4n) is 3.97. The summed E-state index contributed by atoms with van der Waals surface area (Å²) >= 11 is 6.04. The van der Waals surface area contributed by atoms with Gasteiger partial charge in [-0.05, 0) is 63.8 Å². The molecule has 2 heterocycles. The van der Waals surface area contributed by atoms with Crippen LogP contribution >= 0.6 is 11.6 Å². The lowest BCUT2D eigenvalue weighted by Crippen LogP contribution is -2.35. The summed E-state index contributed by atoms with van der Waals surface area (Å²) in [4.78, 5) is 14.9. The third kappa shape index (κ3) is 5.97. The van der Waals surface area contributed by atoms with E-state index in [1.165, 1.54) is 18.4 Å². The van der Waals surface area contributed by atoms with E-state index in [0.717, 1.165) is 38.3 Å². The average Bonchev–Trinajstić information content (AvgIpc) is 3.06. The number of anilines is 1. The number of amides is 1. The Hall–Kier alpha value is -2.05. The minimum Gasteiger partial charge on any atom is -0.495 e. The molecule has 1 N–H and O–H groups in total. The van der Waals surface area contributed by atoms with Crippen LogP contribution in [0.5, 0.6) is 5.75 Å². The SMILES string of the molecule is CCn1cc(CN2CCC[C@@H](CCC(=O)Nc3cc(Cl)ccc3OC)C2)c(C)n1. The zero-order chi connectivity index (χ0) is 20.8. The normalized spacial score (nSPS) is 17.3. The summed E-state index contributed by atoms with van der Waals surface area (Å²) in [7, 11) is 1.58. The fraction of sp³-hybridized carbons (Fsp3) is 0.545. The van der Waals surface area contributed by atoms with Crippen molar-refractivity contribution in [1.82, 2.24) is 14.7 Å². The molecular weight excluding hydrogens is 388 g/mol. The maximum Gasteiger partial charge on any atom is 0.224 e. The molecule has 1 amide bonds. The van der Waals surface area contributed by atoms with Gasteiger partial charge in [-0.15, -0.1) is 0 Å². The van der Waals surface area contributed by atoms with E-state index in [4.69, 9.17) is 16.3 Å². The van der Waals surface area contributed by atoms with Crippen LogP contribution in [0.25, 0.3) is 0 Å². The van der Waals surface area contributed by atoms with Crippen LogP contribution in [-0.2, 0) is 17.9 Å². The highest BCUT2D eigenvalue weighted by molar-refractivity contribution is 6.31. The van der Waals surface area contributed by atoms with E-state index in [9.17, 15) is 4.79 Å². The standard InChI is InChI=1S/C22H31ClN4O2/c1-4-27-15-18(16(2)25-27)14-26-11-5-6-17(13-26)7-10-22(28)24-20-12-19(23)8-9-21(20)29-3/h8-9,12,15,17H,4-7,10-11,13-14H2,1-3H3,(H,24,28)/t17-/m0/s1. The van der Waals surface area contributed by atoms with Gasteiger partial charge in [0.25, 0.3) is 0 Å². The number of aromatic nitrogens is 2. The maximum atomic E-state index is 12.5. The number of methoxy groups -OCH3 is 1. The van der Waals surface area contributed by atoms with Crippen molar-refractivity contribution in [2.24, 2.45) is 5.92 Å². The van der Waals surface area contributed by atoms with Gasteiger partial charge in [-0.3, -0.25) is 14.4 Å². The third-order valence-electron chi connectivity index (χ3n) is 5.58. The summed E-state index contributed by atoms with van der Waals surface area (Å²) < 4.78 is 7.30. The molecule has 1 aliphatic heterocycles. The number of piperidine rings is 1. The Morgan fingerprint density at radius 3 is 2.97 bits per heavy atom. The Bertz CT molecular complexity index is 836. The number of aryl methyl sites for hydroxylation is 2. The number of hydrogen-bond donors (Lipinski definition) is 1. The number of nitrogens with one attached hydrogen (secondary N) is 1. The number of ether oxygens (including phenoxy) is 1. The largest absolute Gasteiger partial charge is 0.495 e. The second kappa shape index (κ2) is 10.1. The Kier molecular flexibility index (Phi) is 7.56. The lowest BCUT2D eigenvalue weighted by atomic mass is 9.93. The smallest absolute Gasteiger partial charge is 0.224 e. The van der Waals surface area contributed by atoms with Gasteiger partial charge in [0.1, 0.15) is 5.75 Å². The Morgan fingerprint density at radius 1 is 1.41 bits per heavy atom. The topological polar surface area (TPSA) is 59.4 Å². The van der Waals surface area contributed by atoms with Crippen LogP contribution in [0.2, 0.25) is 5.02 Å². The zero-order valence-corrected chi connectivity index (χ0v) is 18.3. The van der Waals surface area contributed by atoms with Crippen molar-refractivity contribution in [2.75, 3.05) is 25.5 Å². The predicted molar refractivity (Wildman–Crippen MR) is 117 cm³/mol. The molecule has 1 aromatic heterocycles. The summed E-state index contributed by atoms with van der Waals surface area (Å²) in [6.45, 7) is 8.17. The molecule has 1 saturated heterocycles. The first-order chi connectivity index (χ1) is 14.0. The summed E-state index contributed by atoms with van der Waals surface area (Å²) in [5.41, 5.74) is 3.04. The molecule has 2 aromatic rings. The molecule has 158 valence electrons. The van der Waals surface area contributed by atoms with Gasteiger partial charge in [0.15, 0.2) is 0 Å². The summed E-state index contributed by atoms with van der Waals surface area (Å²) in [5.74, 6) is 1.16. The Labute approximate surface area is 178 Å². The molecule has 1 fully saturated rings. The van der Waals surface area contributed by atoms with E-state index in [0.29, 0.717) is 28.8 Å². The highest BCUT2D eigenvalue weighted by Gasteiger charge is 2.22. The molecule has 0 aliphatic carbocycles. The summed E-state index contributed by atoms with van der Waals surface area (Å²) in [5, 5.41) is 8.06. The number of rotatable bonds is 8. The van der Waals surface area contributed by atoms with Gasteiger partial charge in [0.2, 0.25) is 5.91 Å². The van der Waals surface area contributed by atoms with Gasteiger partial charge in [0.05, 0.1) is 18.5 Å². The number of nitrogens with zero attached hydrogens (tertiary/aromatic N) is 3. The molecule has 7 heteroatoms. The van der Waals surface area contributed by atoms with Gasteiger partial charge in [-0.25, -0.2) is 0 Å². The second-order valence-corrected chi connectivity index (χ2v) is 8.21. The highest BCUT2D eigenvalue weighted by atomic mass is 35.5. The van der Waals surface area contributed by atoms with E-state index in [1.807, 2.05) is 4.68 Å². The number of carbonyl (C=O) groups is 1. The molecule has 29 heavy (non-hydrogen) atoms. The third-order valence-corrected chi connectivity index (χ3v) is 5.82. The summed E-state index contributed by atoms with van der Waals surface area (Å²) in [6.07, 6.45) is 5.90. The lowest BCUT2D eigenvalue weighted by molar-refractivity contribution is -0.116. The minimum absolute atomic E-state index is 0.00255. The molecule has 1 atom stereocenters. The van der Waals surface area contributed by atoms with Crippen molar-refractivity contribution in [3.05, 3.63) is 40.7 Å². The van der Waals surface area contributed by atoms with Crippen LogP contribution in [0.3, 0.4) is 0 Å². The molecule has 0 saturated carbocycles. The van der Waals surface area contributed by atoms with Crippen molar-refractivity contribution < 1.29 is 9.53 Å². The molecule has 1 aliphatic rings. The van der Waals surface area contributed by atoms with Crippen molar-refractivity contribution in [3.63, 3.8) is 0 Å². The number of benzene rings is 1. The van der Waals surface area contributed by atoms with Gasteiger partial charge in [0, 0.05) is 42.8 Å². The van der Waals surface area contributed by atoms with Crippen molar-refractivity contribution in [2.45, 2.75) is 52.6 Å². The molecule has 1 aromatic carbocycles. The van der Waals surface area contributed by atoms with Crippen LogP contribution < -0.4 is 10.1 Å². The molecule has 0 radical (unpaired) electrons. The monoisotopic (exact) mass is 418 g/mol. The molecule has 0 bridgehead atoms. The zero-order valence-electron chi connectivity index (χ0n) is 17.6. The summed E-state index contributed by atoms with van der Waals surface area (Å²) in [6, 6.07) is 5.23. The second-order valence-electron chi connectivity index (χ2n) is 7.77. The van der Waals surface area contributed by atoms with Gasteiger partial charge >= 0.3 is 0 Å². The van der Waals surface area contributed by atoms with Gasteiger partial charge < -0.3 is 10.1 Å². The van der Waals surface area contributed by atoms with Crippen LogP contribution in [0.15, 0.2) is 24.4 Å². The molecule has 0 unspecified atom stereocenters. The number of halogens is 1. The minimum atomic E-state index is 0.00255. The lowest BCUT2D eigenvalue weighted by Gasteiger charge is -2.32. The van der Waals surface area contributed by atoms with Crippen LogP contribution in [-0.4, -0.2) is 40.8 Å². The fourth-order valence-corrected chi connectivity index (χ4v) is 4.15. The van der Waals surface area contributed by atoms with Crippen LogP contribution in [0.4, 0.5) is 5.69 Å².